The molecule has 1 aromatic heterocycles. The van der Waals surface area contributed by atoms with Crippen LogP contribution in [0.2, 0.25) is 0 Å². The van der Waals surface area contributed by atoms with Crippen LogP contribution in [-0.2, 0) is 0 Å². The van der Waals surface area contributed by atoms with Crippen LogP contribution < -0.4 is 10.1 Å². The zero-order valence-corrected chi connectivity index (χ0v) is 20.7. The van der Waals surface area contributed by atoms with E-state index < -0.39 is 30.1 Å². The normalized spacial score (nSPS) is 19.0. The van der Waals surface area contributed by atoms with E-state index in [9.17, 15) is 24.2 Å². The molecule has 0 radical (unpaired) electrons. The smallest absolute Gasteiger partial charge is 0.321 e. The van der Waals surface area contributed by atoms with Gasteiger partial charge in [0, 0.05) is 37.0 Å². The number of nitrogens with one attached hydrogen (secondary N) is 1. The Labute approximate surface area is 209 Å². The minimum Gasteiger partial charge on any atom is -0.472 e. The highest BCUT2D eigenvalue weighted by Crippen LogP contribution is 2.27. The van der Waals surface area contributed by atoms with Gasteiger partial charge in [-0.15, -0.1) is 0 Å². The van der Waals surface area contributed by atoms with Crippen LogP contribution in [0.1, 0.15) is 36.7 Å². The summed E-state index contributed by atoms with van der Waals surface area (Å²) < 4.78 is 19.3. The highest BCUT2D eigenvalue weighted by atomic mass is 19.1. The van der Waals surface area contributed by atoms with Gasteiger partial charge in [-0.05, 0) is 44.2 Å². The molecule has 10 heteroatoms. The molecule has 0 bridgehead atoms. The number of hydrogen-bond acceptors (Lipinski definition) is 6. The standard InChI is InChI=1S/C26H31FN4O5/c1-16-13-31(17(2)15-32)25(34)22-11-19(6-5-18(3)33)12-28-24(22)36-23(16)14-30(4)26(35)29-21-9-7-20(27)8-10-21/h7-12,16-18,23,32-33H,13-15H2,1-4H3,(H,29,35)/t16-,17-,18-,23-/m1/s1. The number of amides is 3. The fourth-order valence-corrected chi connectivity index (χ4v) is 3.68. The summed E-state index contributed by atoms with van der Waals surface area (Å²) in [5, 5.41) is 21.9. The van der Waals surface area contributed by atoms with Gasteiger partial charge in [0.15, 0.2) is 0 Å². The van der Waals surface area contributed by atoms with Crippen molar-refractivity contribution in [2.75, 3.05) is 32.1 Å². The molecule has 9 nitrogen and oxygen atoms in total. The fourth-order valence-electron chi connectivity index (χ4n) is 3.68. The van der Waals surface area contributed by atoms with Gasteiger partial charge >= 0.3 is 6.03 Å². The lowest BCUT2D eigenvalue weighted by molar-refractivity contribution is 0.0356. The van der Waals surface area contributed by atoms with Gasteiger partial charge in [-0.3, -0.25) is 4.79 Å². The number of halogens is 1. The van der Waals surface area contributed by atoms with Gasteiger partial charge in [-0.1, -0.05) is 18.8 Å². The molecule has 3 rings (SSSR count). The molecule has 0 unspecified atom stereocenters. The number of anilines is 1. The monoisotopic (exact) mass is 498 g/mol. The first-order valence-corrected chi connectivity index (χ1v) is 11.6. The number of aliphatic hydroxyl groups is 2. The molecular formula is C26H31FN4O5. The zero-order chi connectivity index (χ0) is 26.4. The van der Waals surface area contributed by atoms with Gasteiger partial charge in [0.1, 0.15) is 23.6 Å². The maximum Gasteiger partial charge on any atom is 0.321 e. The van der Waals surface area contributed by atoms with Crippen molar-refractivity contribution in [2.45, 2.75) is 39.0 Å². The number of benzene rings is 1. The zero-order valence-electron chi connectivity index (χ0n) is 20.7. The summed E-state index contributed by atoms with van der Waals surface area (Å²) in [6.45, 7) is 5.40. The molecule has 0 saturated carbocycles. The molecule has 2 aromatic rings. The third kappa shape index (κ3) is 6.71. The number of likely N-dealkylation sites (N-methyl/N-ethyl adjacent to an activating group) is 1. The van der Waals surface area contributed by atoms with E-state index in [2.05, 4.69) is 22.1 Å². The van der Waals surface area contributed by atoms with Crippen LogP contribution in [0.4, 0.5) is 14.9 Å². The van der Waals surface area contributed by atoms with Crippen LogP contribution in [0, 0.1) is 23.6 Å². The SMILES string of the molecule is C[C@@H]1CN([C@H](C)CO)C(=O)c2cc(C#C[C@@H](C)O)cnc2O[C@@H]1CN(C)C(=O)Nc1ccc(F)cc1. The molecule has 192 valence electrons. The van der Waals surface area contributed by atoms with E-state index in [1.807, 2.05) is 6.92 Å². The van der Waals surface area contributed by atoms with E-state index in [-0.39, 0.29) is 43.0 Å². The van der Waals surface area contributed by atoms with E-state index in [1.54, 1.807) is 24.9 Å². The summed E-state index contributed by atoms with van der Waals surface area (Å²) in [5.74, 6) is 4.53. The van der Waals surface area contributed by atoms with Crippen molar-refractivity contribution in [2.24, 2.45) is 5.92 Å². The summed E-state index contributed by atoms with van der Waals surface area (Å²) in [7, 11) is 1.61. The van der Waals surface area contributed by atoms with Crippen molar-refractivity contribution in [3.63, 3.8) is 0 Å². The minimum absolute atomic E-state index is 0.0987. The Balaban J connectivity index is 1.87. The first kappa shape index (κ1) is 26.9. The van der Waals surface area contributed by atoms with Crippen molar-refractivity contribution in [1.29, 1.82) is 0 Å². The Morgan fingerprint density at radius 3 is 2.69 bits per heavy atom. The molecule has 1 aliphatic rings. The topological polar surface area (TPSA) is 115 Å². The molecule has 1 aromatic carbocycles. The number of aliphatic hydroxyl groups excluding tert-OH is 2. The Hall–Kier alpha value is -3.68. The molecule has 0 spiro atoms. The maximum atomic E-state index is 13.4. The first-order chi connectivity index (χ1) is 17.1. The van der Waals surface area contributed by atoms with E-state index in [4.69, 9.17) is 4.74 Å². The van der Waals surface area contributed by atoms with Crippen molar-refractivity contribution in [3.05, 3.63) is 53.5 Å². The summed E-state index contributed by atoms with van der Waals surface area (Å²) in [4.78, 5) is 33.4. The predicted molar refractivity (Wildman–Crippen MR) is 132 cm³/mol. The van der Waals surface area contributed by atoms with E-state index in [0.717, 1.165) is 0 Å². The number of fused-ring (bicyclic) bond motifs is 1. The lowest BCUT2D eigenvalue weighted by Crippen LogP contribution is -2.50. The highest BCUT2D eigenvalue weighted by Gasteiger charge is 2.34. The number of nitrogens with zero attached hydrogens (tertiary/aromatic N) is 3. The van der Waals surface area contributed by atoms with Crippen LogP contribution in [0.5, 0.6) is 5.88 Å². The third-order valence-corrected chi connectivity index (χ3v) is 5.84. The number of carbonyl (C=O) groups excluding carboxylic acids is 2. The average Bonchev–Trinajstić information content (AvgIpc) is 2.85. The van der Waals surface area contributed by atoms with Crippen LogP contribution in [0.3, 0.4) is 0 Å². The maximum absolute atomic E-state index is 13.4. The lowest BCUT2D eigenvalue weighted by Gasteiger charge is -2.37. The fraction of sp³-hybridized carbons (Fsp3) is 0.423. The Kier molecular flexibility index (Phi) is 8.85. The Morgan fingerprint density at radius 1 is 1.36 bits per heavy atom. The molecule has 4 atom stereocenters. The molecule has 36 heavy (non-hydrogen) atoms. The van der Waals surface area contributed by atoms with Gasteiger partial charge in [0.2, 0.25) is 5.88 Å². The van der Waals surface area contributed by atoms with Crippen LogP contribution >= 0.6 is 0 Å². The van der Waals surface area contributed by atoms with Crippen LogP contribution in [-0.4, -0.2) is 81.9 Å². The second kappa shape index (κ2) is 11.8. The molecule has 1 aliphatic heterocycles. The Morgan fingerprint density at radius 2 is 2.06 bits per heavy atom. The summed E-state index contributed by atoms with van der Waals surface area (Å²) in [5.41, 5.74) is 1.07. The minimum atomic E-state index is -0.841. The van der Waals surface area contributed by atoms with Crippen molar-refractivity contribution >= 4 is 17.6 Å². The second-order valence-corrected chi connectivity index (χ2v) is 8.96. The first-order valence-electron chi connectivity index (χ1n) is 11.6. The molecule has 2 heterocycles. The molecule has 3 N–H and O–H groups in total. The Bertz CT molecular complexity index is 1150. The molecule has 0 saturated heterocycles. The summed E-state index contributed by atoms with van der Waals surface area (Å²) in [6, 6.07) is 6.13. The van der Waals surface area contributed by atoms with Crippen LogP contribution in [0.25, 0.3) is 0 Å². The van der Waals surface area contributed by atoms with E-state index in [0.29, 0.717) is 11.3 Å². The number of pyridine rings is 1. The molecule has 0 aliphatic carbocycles. The summed E-state index contributed by atoms with van der Waals surface area (Å²) in [6.07, 6.45) is 0.0816. The van der Waals surface area contributed by atoms with Gasteiger partial charge < -0.3 is 30.1 Å². The average molecular weight is 499 g/mol. The van der Waals surface area contributed by atoms with E-state index >= 15 is 0 Å². The molecule has 3 amide bonds. The number of ether oxygens (including phenoxy) is 1. The van der Waals surface area contributed by atoms with Gasteiger partial charge in [-0.2, -0.15) is 0 Å². The van der Waals surface area contributed by atoms with Crippen LogP contribution in [0.15, 0.2) is 36.5 Å². The van der Waals surface area contributed by atoms with Gasteiger partial charge in [0.25, 0.3) is 5.91 Å². The quantitative estimate of drug-likeness (QED) is 0.545. The lowest BCUT2D eigenvalue weighted by atomic mass is 10.00. The number of aromatic nitrogens is 1. The number of hydrogen-bond donors (Lipinski definition) is 3. The molecule has 0 fully saturated rings. The van der Waals surface area contributed by atoms with Crippen molar-refractivity contribution in [3.8, 4) is 17.7 Å². The van der Waals surface area contributed by atoms with Crippen molar-refractivity contribution < 1.29 is 28.9 Å². The number of rotatable bonds is 5. The number of carbonyl (C=O) groups is 2. The third-order valence-electron chi connectivity index (χ3n) is 5.84. The van der Waals surface area contributed by atoms with Gasteiger partial charge in [0.05, 0.1) is 19.2 Å². The second-order valence-electron chi connectivity index (χ2n) is 8.96. The van der Waals surface area contributed by atoms with Crippen molar-refractivity contribution in [1.82, 2.24) is 14.8 Å². The summed E-state index contributed by atoms with van der Waals surface area (Å²) >= 11 is 0. The van der Waals surface area contributed by atoms with Gasteiger partial charge in [-0.25, -0.2) is 14.2 Å². The highest BCUT2D eigenvalue weighted by molar-refractivity contribution is 5.97. The van der Waals surface area contributed by atoms with E-state index in [1.165, 1.54) is 42.3 Å². The number of urea groups is 1. The molecular weight excluding hydrogens is 467 g/mol. The predicted octanol–water partition coefficient (Wildman–Crippen LogP) is 2.34. The largest absolute Gasteiger partial charge is 0.472 e.